The standard InChI is InChI=1S/C17H17Br2NO3/c1-20-5-4-17-8-2-3-10(21)16(17)23-15-11(17)7(6-9(8)20)12(18)13(19)14(15)22/h8-9,16,22H,2-6H2,1H3/t8-,9+,16-,17-/m0/s1. The van der Waals surface area contributed by atoms with Crippen LogP contribution in [0, 0.1) is 5.92 Å². The molecule has 1 saturated heterocycles. The number of halogens is 2. The average molecular weight is 443 g/mol. The fourth-order valence-corrected chi connectivity index (χ4v) is 6.56. The molecule has 1 N–H and O–H groups in total. The van der Waals surface area contributed by atoms with Gasteiger partial charge in [-0.2, -0.15) is 0 Å². The number of Topliss-reactive ketones (excluding diaryl/α,β-unsaturated/α-hetero) is 1. The van der Waals surface area contributed by atoms with Gasteiger partial charge in [0.2, 0.25) is 0 Å². The number of phenolic OH excluding ortho intramolecular Hbond substituents is 1. The van der Waals surface area contributed by atoms with Crippen LogP contribution in [0.3, 0.4) is 0 Å². The van der Waals surface area contributed by atoms with Crippen molar-refractivity contribution in [1.29, 1.82) is 0 Å². The van der Waals surface area contributed by atoms with E-state index in [1.54, 1.807) is 0 Å². The van der Waals surface area contributed by atoms with Gasteiger partial charge in [0.1, 0.15) is 0 Å². The third-order valence-electron chi connectivity index (χ3n) is 6.56. The van der Waals surface area contributed by atoms with Crippen LogP contribution in [0.5, 0.6) is 11.5 Å². The highest BCUT2D eigenvalue weighted by Crippen LogP contribution is 2.65. The van der Waals surface area contributed by atoms with Crippen LogP contribution in [0.4, 0.5) is 0 Å². The molecule has 1 aromatic carbocycles. The highest BCUT2D eigenvalue weighted by molar-refractivity contribution is 9.13. The molecule has 1 saturated carbocycles. The van der Waals surface area contributed by atoms with Crippen molar-refractivity contribution in [2.45, 2.75) is 43.2 Å². The number of aromatic hydroxyl groups is 1. The van der Waals surface area contributed by atoms with Gasteiger partial charge in [-0.05, 0) is 76.2 Å². The van der Waals surface area contributed by atoms with Gasteiger partial charge in [-0.25, -0.2) is 0 Å². The summed E-state index contributed by atoms with van der Waals surface area (Å²) in [4.78, 5) is 15.1. The minimum Gasteiger partial charge on any atom is -0.503 e. The largest absolute Gasteiger partial charge is 0.503 e. The zero-order valence-electron chi connectivity index (χ0n) is 12.7. The monoisotopic (exact) mass is 441 g/mol. The normalized spacial score (nSPS) is 37.5. The van der Waals surface area contributed by atoms with E-state index in [0.29, 0.717) is 28.6 Å². The molecule has 2 aliphatic carbocycles. The SMILES string of the molecule is CN1CC[C@]23c4c5c(Br)c(Br)c(O)c4O[C@H]2C(=O)CC[C@H]3[C@H]1C5. The molecule has 1 aromatic rings. The van der Waals surface area contributed by atoms with Crippen molar-refractivity contribution in [3.8, 4) is 11.5 Å². The Balaban J connectivity index is 1.87. The third kappa shape index (κ3) is 1.54. The number of piperidine rings is 1. The van der Waals surface area contributed by atoms with E-state index in [4.69, 9.17) is 4.74 Å². The first-order chi connectivity index (χ1) is 11.0. The van der Waals surface area contributed by atoms with Crippen molar-refractivity contribution in [3.63, 3.8) is 0 Å². The summed E-state index contributed by atoms with van der Waals surface area (Å²) in [6.07, 6.45) is 2.97. The van der Waals surface area contributed by atoms with Crippen LogP contribution in [0.25, 0.3) is 0 Å². The molecular weight excluding hydrogens is 426 g/mol. The Morgan fingerprint density at radius 3 is 2.91 bits per heavy atom. The number of nitrogens with zero attached hydrogens (tertiary/aromatic N) is 1. The van der Waals surface area contributed by atoms with Crippen LogP contribution < -0.4 is 4.74 Å². The lowest BCUT2D eigenvalue weighted by atomic mass is 9.52. The van der Waals surface area contributed by atoms with E-state index in [1.165, 1.54) is 5.56 Å². The van der Waals surface area contributed by atoms with Gasteiger partial charge in [0, 0.05) is 27.9 Å². The fraction of sp³-hybridized carbons (Fsp3) is 0.588. The quantitative estimate of drug-likeness (QED) is 0.670. The Morgan fingerprint density at radius 2 is 2.13 bits per heavy atom. The predicted octanol–water partition coefficient (Wildman–Crippen LogP) is 3.16. The van der Waals surface area contributed by atoms with Crippen LogP contribution in [0.1, 0.15) is 30.4 Å². The predicted molar refractivity (Wildman–Crippen MR) is 92.1 cm³/mol. The molecule has 23 heavy (non-hydrogen) atoms. The van der Waals surface area contributed by atoms with Gasteiger partial charge >= 0.3 is 0 Å². The molecule has 4 nitrogen and oxygen atoms in total. The second-order valence-electron chi connectivity index (χ2n) is 7.31. The van der Waals surface area contributed by atoms with Crippen molar-refractivity contribution in [2.24, 2.45) is 5.92 Å². The average Bonchev–Trinajstić information content (AvgIpc) is 2.88. The molecule has 2 heterocycles. The maximum atomic E-state index is 12.6. The van der Waals surface area contributed by atoms with Crippen molar-refractivity contribution in [1.82, 2.24) is 4.90 Å². The van der Waals surface area contributed by atoms with E-state index in [9.17, 15) is 9.90 Å². The van der Waals surface area contributed by atoms with E-state index in [0.717, 1.165) is 35.8 Å². The van der Waals surface area contributed by atoms with E-state index in [-0.39, 0.29) is 16.9 Å². The fourth-order valence-electron chi connectivity index (χ4n) is 5.59. The van der Waals surface area contributed by atoms with Crippen molar-refractivity contribution < 1.29 is 14.6 Å². The summed E-state index contributed by atoms with van der Waals surface area (Å²) >= 11 is 7.13. The van der Waals surface area contributed by atoms with E-state index in [2.05, 4.69) is 43.8 Å². The summed E-state index contributed by atoms with van der Waals surface area (Å²) in [7, 11) is 2.19. The Morgan fingerprint density at radius 1 is 1.35 bits per heavy atom. The first kappa shape index (κ1) is 14.7. The Labute approximate surface area is 151 Å². The smallest absolute Gasteiger partial charge is 0.174 e. The van der Waals surface area contributed by atoms with E-state index < -0.39 is 6.10 Å². The molecular formula is C17H17Br2NO3. The third-order valence-corrected chi connectivity index (χ3v) is 8.74. The Bertz CT molecular complexity index is 765. The minimum absolute atomic E-state index is 0.128. The number of hydrogen-bond donors (Lipinski definition) is 1. The summed E-state index contributed by atoms with van der Waals surface area (Å²) in [5.74, 6) is 1.30. The summed E-state index contributed by atoms with van der Waals surface area (Å²) in [5, 5.41) is 10.6. The molecule has 5 rings (SSSR count). The number of ketones is 1. The highest BCUT2D eigenvalue weighted by atomic mass is 79.9. The van der Waals surface area contributed by atoms with Gasteiger partial charge in [0.25, 0.3) is 0 Å². The second kappa shape index (κ2) is 4.52. The maximum Gasteiger partial charge on any atom is 0.174 e. The number of ether oxygens (including phenoxy) is 1. The number of carbonyl (C=O) groups excluding carboxylic acids is 1. The van der Waals surface area contributed by atoms with E-state index >= 15 is 0 Å². The maximum absolute atomic E-state index is 12.6. The first-order valence-electron chi connectivity index (χ1n) is 8.09. The van der Waals surface area contributed by atoms with Crippen LogP contribution >= 0.6 is 31.9 Å². The lowest BCUT2D eigenvalue weighted by Crippen LogP contribution is -2.65. The molecule has 2 aliphatic heterocycles. The van der Waals surface area contributed by atoms with Gasteiger partial charge in [-0.15, -0.1) is 0 Å². The second-order valence-corrected chi connectivity index (χ2v) is 8.90. The topological polar surface area (TPSA) is 49.8 Å². The zero-order chi connectivity index (χ0) is 16.1. The molecule has 0 amide bonds. The summed E-state index contributed by atoms with van der Waals surface area (Å²) < 4.78 is 7.67. The molecule has 0 unspecified atom stereocenters. The summed E-state index contributed by atoms with van der Waals surface area (Å²) in [5.41, 5.74) is 2.07. The van der Waals surface area contributed by atoms with Gasteiger partial charge in [0.15, 0.2) is 23.4 Å². The first-order valence-corrected chi connectivity index (χ1v) is 9.68. The van der Waals surface area contributed by atoms with Gasteiger partial charge in [-0.1, -0.05) is 0 Å². The molecule has 0 aromatic heterocycles. The number of hydrogen-bond acceptors (Lipinski definition) is 4. The summed E-state index contributed by atoms with van der Waals surface area (Å²) in [6.45, 7) is 0.974. The van der Waals surface area contributed by atoms with Crippen LogP contribution in [-0.2, 0) is 16.6 Å². The van der Waals surface area contributed by atoms with Gasteiger partial charge in [0.05, 0.1) is 4.47 Å². The number of rotatable bonds is 0. The number of carbonyl (C=O) groups is 1. The van der Waals surface area contributed by atoms with Gasteiger partial charge < -0.3 is 14.7 Å². The van der Waals surface area contributed by atoms with Crippen LogP contribution in [-0.4, -0.2) is 41.5 Å². The molecule has 0 radical (unpaired) electrons. The Hall–Kier alpha value is -0.590. The number of benzene rings is 1. The molecule has 1 spiro atoms. The number of phenols is 1. The molecule has 2 bridgehead atoms. The molecule has 2 fully saturated rings. The molecule has 4 atom stereocenters. The van der Waals surface area contributed by atoms with Crippen molar-refractivity contribution in [2.75, 3.05) is 13.6 Å². The van der Waals surface area contributed by atoms with Gasteiger partial charge in [-0.3, -0.25) is 4.79 Å². The lowest BCUT2D eigenvalue weighted by Gasteiger charge is -2.57. The van der Waals surface area contributed by atoms with Crippen LogP contribution in [0.15, 0.2) is 8.95 Å². The Kier molecular flexibility index (Phi) is 2.90. The molecule has 6 heteroatoms. The number of likely N-dealkylation sites (tertiary alicyclic amines) is 1. The minimum atomic E-state index is -0.418. The van der Waals surface area contributed by atoms with E-state index in [1.807, 2.05) is 0 Å². The van der Waals surface area contributed by atoms with Crippen LogP contribution in [0.2, 0.25) is 0 Å². The zero-order valence-corrected chi connectivity index (χ0v) is 15.9. The molecule has 4 aliphatic rings. The van der Waals surface area contributed by atoms with Crippen molar-refractivity contribution >= 4 is 37.6 Å². The highest BCUT2D eigenvalue weighted by Gasteiger charge is 2.66. The number of likely N-dealkylation sites (N-methyl/N-ethyl adjacent to an activating group) is 1. The van der Waals surface area contributed by atoms with Crippen molar-refractivity contribution in [3.05, 3.63) is 20.1 Å². The summed E-state index contributed by atoms with van der Waals surface area (Å²) in [6, 6.07) is 0.439. The lowest BCUT2D eigenvalue weighted by molar-refractivity contribution is -0.138. The molecule has 122 valence electrons.